The normalized spacial score (nSPS) is 11.6. The third kappa shape index (κ3) is 5.70. The van der Waals surface area contributed by atoms with E-state index < -0.39 is 12.0 Å². The van der Waals surface area contributed by atoms with E-state index in [4.69, 9.17) is 9.84 Å². The van der Waals surface area contributed by atoms with Crippen LogP contribution in [0.15, 0.2) is 30.3 Å². The third-order valence-electron chi connectivity index (χ3n) is 2.37. The molecule has 0 saturated carbocycles. The second-order valence-electron chi connectivity index (χ2n) is 3.80. The zero-order valence-corrected chi connectivity index (χ0v) is 10.0. The maximum atomic E-state index is 11.5. The fraction of sp³-hybridized carbons (Fsp3) is 0.417. The Bertz CT molecular complexity index is 372. The van der Waals surface area contributed by atoms with Gasteiger partial charge >= 0.3 is 106 Å². The molecule has 0 amide bonds. The van der Waals surface area contributed by atoms with E-state index in [0.29, 0.717) is 7.15 Å². The van der Waals surface area contributed by atoms with E-state index in [9.17, 15) is 9.50 Å². The number of carbonyl (C=O) groups excluding carboxylic acids is 1. The number of ether oxygens (including phenoxy) is 1. The summed E-state index contributed by atoms with van der Waals surface area (Å²) in [7, 11) is 0.679. The van der Waals surface area contributed by atoms with Crippen molar-refractivity contribution in [1.29, 1.82) is 0 Å². The van der Waals surface area contributed by atoms with Crippen molar-refractivity contribution in [2.75, 3.05) is 13.1 Å². The fourth-order valence-electron chi connectivity index (χ4n) is 1.41. The molecule has 0 unspecified atom stereocenters. The van der Waals surface area contributed by atoms with Gasteiger partial charge in [0.1, 0.15) is 0 Å². The van der Waals surface area contributed by atoms with Crippen molar-refractivity contribution in [2.24, 2.45) is 0 Å². The van der Waals surface area contributed by atoms with Gasteiger partial charge in [-0.25, -0.2) is 0 Å². The van der Waals surface area contributed by atoms with Crippen LogP contribution < -0.4 is 5.32 Å². The summed E-state index contributed by atoms with van der Waals surface area (Å²) in [5.41, 5.74) is 0.909. The summed E-state index contributed by atoms with van der Waals surface area (Å²) >= 11 is 0. The summed E-state index contributed by atoms with van der Waals surface area (Å²) in [5.74, 6) is -0.406. The average Bonchev–Trinajstić information content (AvgIpc) is 2.42. The molecule has 1 aromatic rings. The number of rotatable bonds is 8. The summed E-state index contributed by atoms with van der Waals surface area (Å²) in [6.45, 7) is -0.000219. The Morgan fingerprint density at radius 2 is 2.11 bits per heavy atom. The van der Waals surface area contributed by atoms with Gasteiger partial charge in [-0.1, -0.05) is 0 Å². The molecule has 1 aromatic carbocycles. The minimum atomic E-state index is -0.446. The number of benzene rings is 1. The molecule has 0 spiro atoms. The molecule has 0 heterocycles. The van der Waals surface area contributed by atoms with Gasteiger partial charge < -0.3 is 0 Å². The molecule has 5 nitrogen and oxygen atoms in total. The van der Waals surface area contributed by atoms with E-state index >= 15 is 0 Å². The fourth-order valence-corrected chi connectivity index (χ4v) is 1.41. The first-order valence-corrected chi connectivity index (χ1v) is 5.73. The van der Waals surface area contributed by atoms with Crippen molar-refractivity contribution in [3.8, 4) is 0 Å². The molecule has 1 rings (SSSR count). The van der Waals surface area contributed by atoms with E-state index in [1.807, 2.05) is 30.3 Å². The number of carbonyl (C=O) groups is 1. The summed E-state index contributed by atoms with van der Waals surface area (Å²) in [6, 6.07) is 8.90. The third-order valence-corrected chi connectivity index (χ3v) is 2.37. The quantitative estimate of drug-likeness (QED) is 0.504. The number of aliphatic hydroxyl groups is 1. The zero-order valence-electron chi connectivity index (χ0n) is 10.0. The molecule has 18 heavy (non-hydrogen) atoms. The van der Waals surface area contributed by atoms with Gasteiger partial charge in [0.2, 0.25) is 0 Å². The summed E-state index contributed by atoms with van der Waals surface area (Å²) in [6.07, 6.45) is 0.147. The first-order valence-electron chi connectivity index (χ1n) is 5.73. The van der Waals surface area contributed by atoms with E-state index in [0.717, 1.165) is 5.56 Å². The first kappa shape index (κ1) is 14.5. The zero-order chi connectivity index (χ0) is 13.2. The number of nitrogens with one attached hydrogen (secondary N) is 1. The summed E-state index contributed by atoms with van der Waals surface area (Å²) < 4.78 is 15.2. The molecule has 0 fully saturated rings. The topological polar surface area (TPSA) is 75.6 Å². The first-order chi connectivity index (χ1) is 8.76. The van der Waals surface area contributed by atoms with Crippen molar-refractivity contribution in [2.45, 2.75) is 19.1 Å². The van der Waals surface area contributed by atoms with Crippen LogP contribution in [0.4, 0.5) is 0 Å². The van der Waals surface area contributed by atoms with Crippen molar-refractivity contribution < 1.29 is 19.3 Å². The van der Waals surface area contributed by atoms with Crippen molar-refractivity contribution in [3.63, 3.8) is 0 Å². The number of esters is 1. The maximum absolute atomic E-state index is 11.5. The van der Waals surface area contributed by atoms with E-state index in [1.54, 1.807) is 0 Å². The predicted molar refractivity (Wildman–Crippen MR) is 66.2 cm³/mol. The van der Waals surface area contributed by atoms with Crippen LogP contribution in [0.25, 0.3) is 0 Å². The van der Waals surface area contributed by atoms with Crippen LogP contribution in [0.3, 0.4) is 0 Å². The second-order valence-corrected chi connectivity index (χ2v) is 3.80. The van der Waals surface area contributed by atoms with Crippen LogP contribution in [-0.2, 0) is 20.8 Å². The standard InChI is InChI=1S/C12H16BNO4/c15-7-11(14-9-13-17)6-12(16)18-8-10-4-2-1-3-5-10/h1-5,11,14-15H,6-9H2/t11-/m0/s1. The monoisotopic (exact) mass is 249 g/mol. The van der Waals surface area contributed by atoms with Crippen molar-refractivity contribution in [3.05, 3.63) is 35.9 Å². The van der Waals surface area contributed by atoms with E-state index in [-0.39, 0.29) is 26.1 Å². The average molecular weight is 249 g/mol. The Morgan fingerprint density at radius 1 is 1.39 bits per heavy atom. The second kappa shape index (κ2) is 8.55. The Labute approximate surface area is 106 Å². The van der Waals surface area contributed by atoms with Gasteiger partial charge in [0.05, 0.1) is 0 Å². The van der Waals surface area contributed by atoms with Gasteiger partial charge in [-0.2, -0.15) is 0 Å². The molecule has 6 heteroatoms. The van der Waals surface area contributed by atoms with Gasteiger partial charge in [0.15, 0.2) is 0 Å². The number of aliphatic hydroxyl groups excluding tert-OH is 1. The molecule has 96 valence electrons. The molecule has 0 aliphatic rings. The Kier molecular flexibility index (Phi) is 6.90. The molecule has 0 aliphatic heterocycles. The van der Waals surface area contributed by atoms with Crippen molar-refractivity contribution in [1.82, 2.24) is 5.32 Å². The van der Waals surface area contributed by atoms with Crippen molar-refractivity contribution >= 4 is 13.1 Å². The Balaban J connectivity index is 2.30. The Morgan fingerprint density at radius 3 is 2.72 bits per heavy atom. The summed E-state index contributed by atoms with van der Waals surface area (Å²) in [4.78, 5) is 11.5. The van der Waals surface area contributed by atoms with Crippen LogP contribution >= 0.6 is 0 Å². The van der Waals surface area contributed by atoms with Gasteiger partial charge in [-0.15, -0.1) is 0 Å². The molecule has 0 saturated heterocycles. The molecule has 0 radical (unpaired) electrons. The van der Waals surface area contributed by atoms with Gasteiger partial charge in [-0.05, 0) is 0 Å². The van der Waals surface area contributed by atoms with Gasteiger partial charge in [-0.3, -0.25) is 0 Å². The molecule has 1 atom stereocenters. The number of hydrogen-bond acceptors (Lipinski definition) is 5. The molecule has 2 N–H and O–H groups in total. The molecule has 0 aliphatic carbocycles. The number of hydrogen-bond donors (Lipinski definition) is 2. The van der Waals surface area contributed by atoms with E-state index in [1.165, 1.54) is 0 Å². The van der Waals surface area contributed by atoms with Gasteiger partial charge in [0.25, 0.3) is 0 Å². The van der Waals surface area contributed by atoms with Crippen LogP contribution in [0, 0.1) is 0 Å². The van der Waals surface area contributed by atoms with Crippen LogP contribution in [0.5, 0.6) is 0 Å². The van der Waals surface area contributed by atoms with E-state index in [2.05, 4.69) is 5.32 Å². The van der Waals surface area contributed by atoms with Crippen LogP contribution in [0.1, 0.15) is 12.0 Å². The molecule has 0 aromatic heterocycles. The minimum absolute atomic E-state index is 0.0389. The molecular formula is C12H16BNO4. The van der Waals surface area contributed by atoms with Gasteiger partial charge in [0, 0.05) is 0 Å². The van der Waals surface area contributed by atoms with Crippen LogP contribution in [0.2, 0.25) is 0 Å². The molecule has 0 bridgehead atoms. The summed E-state index contributed by atoms with van der Waals surface area (Å²) in [5, 5.41) is 11.7. The SMILES string of the molecule is O=BCN[C@H](CO)CC(=O)OCc1ccccc1. The Hall–Kier alpha value is -1.53. The predicted octanol–water partition coefficient (Wildman–Crippen LogP) is 0.0776. The molecular weight excluding hydrogens is 233 g/mol. The van der Waals surface area contributed by atoms with Crippen LogP contribution in [-0.4, -0.2) is 37.3 Å².